The molecule has 43 valence electrons. The van der Waals surface area contributed by atoms with Gasteiger partial charge in [0, 0.05) is 10.2 Å². The summed E-state index contributed by atoms with van der Waals surface area (Å²) >= 11 is 0. The van der Waals surface area contributed by atoms with E-state index in [0.717, 1.165) is 5.92 Å². The quantitative estimate of drug-likeness (QED) is 0.471. The first-order valence-corrected chi connectivity index (χ1v) is 4.40. The van der Waals surface area contributed by atoms with E-state index in [9.17, 15) is 0 Å². The van der Waals surface area contributed by atoms with Crippen LogP contribution >= 0.6 is 0 Å². The Morgan fingerprint density at radius 2 is 2.00 bits per heavy atom. The summed E-state index contributed by atoms with van der Waals surface area (Å²) < 4.78 is 0. The van der Waals surface area contributed by atoms with Crippen molar-refractivity contribution in [2.24, 2.45) is 5.92 Å². The molecule has 7 heavy (non-hydrogen) atoms. The third-order valence-electron chi connectivity index (χ3n) is 1.60. The summed E-state index contributed by atoms with van der Waals surface area (Å²) in [6.45, 7) is 6.72. The topological polar surface area (TPSA) is 0 Å². The molecule has 1 atom stereocenters. The summed E-state index contributed by atoms with van der Waals surface area (Å²) in [5.74, 6) is 2.46. The van der Waals surface area contributed by atoms with Gasteiger partial charge >= 0.3 is 0 Å². The highest BCUT2D eigenvalue weighted by Gasteiger charge is 2.01. The molecule has 1 radical (unpaired) electrons. The normalized spacial score (nSPS) is 15.4. The molecule has 0 aromatic heterocycles. The Bertz CT molecular complexity index is 41.4. The Morgan fingerprint density at radius 1 is 1.57 bits per heavy atom. The predicted molar refractivity (Wildman–Crippen MR) is 38.5 cm³/mol. The smallest absolute Gasteiger partial charge is 0.00316 e. The van der Waals surface area contributed by atoms with Crippen molar-refractivity contribution in [2.45, 2.75) is 26.8 Å². The molecule has 0 saturated carbocycles. The van der Waals surface area contributed by atoms with Crippen LogP contribution in [0.2, 0.25) is 6.04 Å². The third kappa shape index (κ3) is 2.86. The molecule has 0 spiro atoms. The van der Waals surface area contributed by atoms with Gasteiger partial charge in [-0.15, -0.1) is 0 Å². The second-order valence-corrected chi connectivity index (χ2v) is 3.20. The molecule has 0 fully saturated rings. The van der Waals surface area contributed by atoms with Gasteiger partial charge in [-0.3, -0.25) is 0 Å². The van der Waals surface area contributed by atoms with E-state index in [1.54, 1.807) is 5.92 Å². The fourth-order valence-electron chi connectivity index (χ4n) is 0.408. The van der Waals surface area contributed by atoms with Crippen LogP contribution in [0, 0.1) is 11.8 Å². The summed E-state index contributed by atoms with van der Waals surface area (Å²) in [5.41, 5.74) is 0. The molecule has 0 bridgehead atoms. The molecule has 0 aliphatic heterocycles. The Morgan fingerprint density at radius 3 is 2.00 bits per heavy atom. The SMILES string of the molecule is C[C](C)C(C)C[SiH3]. The Labute approximate surface area is 49.7 Å². The van der Waals surface area contributed by atoms with Gasteiger partial charge in [-0.05, 0) is 11.8 Å². The first-order valence-electron chi connectivity index (χ1n) is 2.98. The molecule has 0 aliphatic rings. The summed E-state index contributed by atoms with van der Waals surface area (Å²) in [4.78, 5) is 0. The standard InChI is InChI=1S/C6H15Si/c1-5(2)6(3)4-7/h6H,4H2,1-3,7H3. The van der Waals surface area contributed by atoms with Gasteiger partial charge in [0.15, 0.2) is 0 Å². The van der Waals surface area contributed by atoms with Crippen molar-refractivity contribution in [1.29, 1.82) is 0 Å². The Hall–Kier alpha value is 0.217. The van der Waals surface area contributed by atoms with Gasteiger partial charge in [-0.2, -0.15) is 0 Å². The fraction of sp³-hybridized carbons (Fsp3) is 0.833. The lowest BCUT2D eigenvalue weighted by molar-refractivity contribution is 0.669. The molecule has 0 aromatic rings. The van der Waals surface area contributed by atoms with Crippen LogP contribution in [0.3, 0.4) is 0 Å². The largest absolute Gasteiger partial charge is 0.0628 e. The minimum atomic E-state index is 0.881. The van der Waals surface area contributed by atoms with Crippen molar-refractivity contribution in [3.8, 4) is 0 Å². The van der Waals surface area contributed by atoms with Crippen LogP contribution in [-0.4, -0.2) is 10.2 Å². The molecular weight excluding hydrogens is 100 g/mol. The molecule has 0 aromatic carbocycles. The maximum atomic E-state index is 2.29. The lowest BCUT2D eigenvalue weighted by Crippen LogP contribution is -1.99. The highest BCUT2D eigenvalue weighted by atomic mass is 28.1. The van der Waals surface area contributed by atoms with Gasteiger partial charge in [0.1, 0.15) is 0 Å². The van der Waals surface area contributed by atoms with E-state index in [1.807, 2.05) is 0 Å². The molecule has 0 aliphatic carbocycles. The van der Waals surface area contributed by atoms with E-state index < -0.39 is 0 Å². The van der Waals surface area contributed by atoms with Gasteiger partial charge in [-0.25, -0.2) is 0 Å². The Kier molecular flexibility index (Phi) is 3.35. The second-order valence-electron chi connectivity index (χ2n) is 2.39. The van der Waals surface area contributed by atoms with Gasteiger partial charge in [-0.1, -0.05) is 26.8 Å². The summed E-state index contributed by atoms with van der Waals surface area (Å²) in [6, 6.07) is 1.42. The van der Waals surface area contributed by atoms with E-state index >= 15 is 0 Å². The van der Waals surface area contributed by atoms with E-state index in [0.29, 0.717) is 0 Å². The molecule has 0 amide bonds. The molecule has 0 heterocycles. The maximum absolute atomic E-state index is 2.29. The van der Waals surface area contributed by atoms with Gasteiger partial charge < -0.3 is 0 Å². The highest BCUT2D eigenvalue weighted by Crippen LogP contribution is 2.13. The lowest BCUT2D eigenvalue weighted by Gasteiger charge is -2.10. The van der Waals surface area contributed by atoms with E-state index in [-0.39, 0.29) is 0 Å². The molecule has 1 unspecified atom stereocenters. The maximum Gasteiger partial charge on any atom is 0.00316 e. The minimum Gasteiger partial charge on any atom is -0.0628 e. The van der Waals surface area contributed by atoms with E-state index in [1.165, 1.54) is 16.3 Å². The highest BCUT2D eigenvalue weighted by molar-refractivity contribution is 6.08. The van der Waals surface area contributed by atoms with Crippen LogP contribution in [0.15, 0.2) is 0 Å². The zero-order chi connectivity index (χ0) is 5.86. The van der Waals surface area contributed by atoms with Crippen LogP contribution in [0.25, 0.3) is 0 Å². The van der Waals surface area contributed by atoms with Gasteiger partial charge in [0.2, 0.25) is 0 Å². The first kappa shape index (κ1) is 7.22. The monoisotopic (exact) mass is 115 g/mol. The van der Waals surface area contributed by atoms with E-state index in [4.69, 9.17) is 0 Å². The molecule has 0 saturated heterocycles. The summed E-state index contributed by atoms with van der Waals surface area (Å²) in [5, 5.41) is 0. The summed E-state index contributed by atoms with van der Waals surface area (Å²) in [7, 11) is 1.35. The van der Waals surface area contributed by atoms with Crippen LogP contribution in [0.1, 0.15) is 20.8 Å². The van der Waals surface area contributed by atoms with Crippen molar-refractivity contribution < 1.29 is 0 Å². The minimum absolute atomic E-state index is 0.881. The molecule has 0 nitrogen and oxygen atoms in total. The zero-order valence-electron chi connectivity index (χ0n) is 5.78. The van der Waals surface area contributed by atoms with Crippen LogP contribution in [0.4, 0.5) is 0 Å². The molecular formula is C6H15Si. The van der Waals surface area contributed by atoms with Crippen molar-refractivity contribution >= 4 is 10.2 Å². The average molecular weight is 115 g/mol. The van der Waals surface area contributed by atoms with Crippen molar-refractivity contribution in [2.75, 3.05) is 0 Å². The van der Waals surface area contributed by atoms with Crippen molar-refractivity contribution in [1.82, 2.24) is 0 Å². The van der Waals surface area contributed by atoms with Gasteiger partial charge in [0.05, 0.1) is 0 Å². The number of hydrogen-bond acceptors (Lipinski definition) is 0. The predicted octanol–water partition coefficient (Wildman–Crippen LogP) is 1.02. The summed E-state index contributed by atoms with van der Waals surface area (Å²) in [6.07, 6.45) is 0. The molecule has 1 heteroatoms. The third-order valence-corrected chi connectivity index (χ3v) is 2.82. The first-order chi connectivity index (χ1) is 3.18. The zero-order valence-corrected chi connectivity index (χ0v) is 7.78. The van der Waals surface area contributed by atoms with Gasteiger partial charge in [0.25, 0.3) is 0 Å². The van der Waals surface area contributed by atoms with Crippen molar-refractivity contribution in [3.05, 3.63) is 5.92 Å². The van der Waals surface area contributed by atoms with Crippen LogP contribution < -0.4 is 0 Å². The van der Waals surface area contributed by atoms with Crippen molar-refractivity contribution in [3.63, 3.8) is 0 Å². The molecule has 0 N–H and O–H groups in total. The Balaban J connectivity index is 3.14. The fourth-order valence-corrected chi connectivity index (χ4v) is 1.22. The molecule has 0 rings (SSSR count). The number of rotatable bonds is 2. The second kappa shape index (κ2) is 3.25. The van der Waals surface area contributed by atoms with Crippen LogP contribution in [0.5, 0.6) is 0 Å². The number of hydrogen-bond donors (Lipinski definition) is 0. The van der Waals surface area contributed by atoms with E-state index in [2.05, 4.69) is 20.8 Å². The lowest BCUT2D eigenvalue weighted by atomic mass is 10.0. The van der Waals surface area contributed by atoms with Crippen LogP contribution in [-0.2, 0) is 0 Å². The average Bonchev–Trinajstić information content (AvgIpc) is 1.65.